The van der Waals surface area contributed by atoms with Crippen molar-refractivity contribution in [2.45, 2.75) is 45.3 Å². The van der Waals surface area contributed by atoms with Crippen LogP contribution in [0.15, 0.2) is 77.3 Å². The van der Waals surface area contributed by atoms with Gasteiger partial charge in [-0.15, -0.1) is 0 Å². The summed E-state index contributed by atoms with van der Waals surface area (Å²) >= 11 is 15.9. The van der Waals surface area contributed by atoms with Crippen molar-refractivity contribution in [3.8, 4) is 0 Å². The molecule has 3 aromatic rings. The van der Waals surface area contributed by atoms with E-state index >= 15 is 0 Å². The summed E-state index contributed by atoms with van der Waals surface area (Å²) in [7, 11) is -3.96. The highest BCUT2D eigenvalue weighted by atomic mass is 79.9. The molecule has 0 saturated carbocycles. The van der Waals surface area contributed by atoms with Crippen LogP contribution < -0.4 is 9.62 Å². The largest absolute Gasteiger partial charge is 0.352 e. The number of sulfonamides is 1. The summed E-state index contributed by atoms with van der Waals surface area (Å²) in [5.41, 5.74) is 1.72. The Morgan fingerprint density at radius 2 is 1.62 bits per heavy atom. The zero-order valence-corrected chi connectivity index (χ0v) is 26.4. The fourth-order valence-electron chi connectivity index (χ4n) is 4.05. The Hall–Kier alpha value is -2.59. The third-order valence-corrected chi connectivity index (χ3v) is 8.60. The van der Waals surface area contributed by atoms with Gasteiger partial charge in [0.15, 0.2) is 0 Å². The molecule has 2 atom stereocenters. The van der Waals surface area contributed by atoms with Crippen LogP contribution in [-0.2, 0) is 32.6 Å². The summed E-state index contributed by atoms with van der Waals surface area (Å²) in [5.74, 6) is -0.889. The highest BCUT2D eigenvalue weighted by Gasteiger charge is 2.34. The molecule has 0 radical (unpaired) electrons. The van der Waals surface area contributed by atoms with E-state index in [1.807, 2.05) is 68.4 Å². The van der Waals surface area contributed by atoms with Gasteiger partial charge in [-0.2, -0.15) is 0 Å². The van der Waals surface area contributed by atoms with E-state index in [0.29, 0.717) is 6.42 Å². The van der Waals surface area contributed by atoms with E-state index in [9.17, 15) is 18.0 Å². The minimum absolute atomic E-state index is 0.0808. The minimum atomic E-state index is -3.96. The molecule has 3 rings (SSSR count). The molecular weight excluding hydrogens is 637 g/mol. The van der Waals surface area contributed by atoms with Crippen LogP contribution in [0.5, 0.6) is 0 Å². The van der Waals surface area contributed by atoms with Gasteiger partial charge in [0.2, 0.25) is 21.8 Å². The fourth-order valence-corrected chi connectivity index (χ4v) is 5.61. The Bertz CT molecular complexity index is 1420. The topological polar surface area (TPSA) is 86.8 Å². The molecule has 7 nitrogen and oxygen atoms in total. The number of amides is 2. The molecule has 1 N–H and O–H groups in total. The SMILES string of the molecule is CC[C@@H](C)NC(=O)[C@H](Cc1ccccc1)N(Cc1ccc(Br)cc1)C(=O)CN(c1cc(Cl)ccc1Cl)S(C)(=O)=O. The van der Waals surface area contributed by atoms with E-state index in [-0.39, 0.29) is 40.6 Å². The number of halogens is 3. The van der Waals surface area contributed by atoms with Gasteiger partial charge < -0.3 is 10.2 Å². The van der Waals surface area contributed by atoms with Crippen molar-refractivity contribution < 1.29 is 18.0 Å². The first-order valence-corrected chi connectivity index (χ1v) is 16.1. The maximum absolute atomic E-state index is 14.1. The molecule has 11 heteroatoms. The summed E-state index contributed by atoms with van der Waals surface area (Å²) in [6.07, 6.45) is 1.94. The summed E-state index contributed by atoms with van der Waals surface area (Å²) in [6, 6.07) is 20.1. The summed E-state index contributed by atoms with van der Waals surface area (Å²) in [4.78, 5) is 29.2. The smallest absolute Gasteiger partial charge is 0.244 e. The second-order valence-electron chi connectivity index (χ2n) is 9.54. The Balaban J connectivity index is 2.08. The first-order chi connectivity index (χ1) is 18.9. The van der Waals surface area contributed by atoms with Gasteiger partial charge in [0, 0.05) is 28.5 Å². The molecule has 0 spiro atoms. The molecule has 214 valence electrons. The number of hydrogen-bond donors (Lipinski definition) is 1. The molecule has 0 heterocycles. The first kappa shape index (κ1) is 31.9. The molecule has 0 aliphatic carbocycles. The van der Waals surface area contributed by atoms with Crippen molar-refractivity contribution in [2.24, 2.45) is 0 Å². The van der Waals surface area contributed by atoms with Gasteiger partial charge in [-0.25, -0.2) is 8.42 Å². The van der Waals surface area contributed by atoms with E-state index in [0.717, 1.165) is 26.2 Å². The maximum Gasteiger partial charge on any atom is 0.244 e. The molecule has 2 amide bonds. The normalized spacial score (nSPS) is 12.8. The van der Waals surface area contributed by atoms with Gasteiger partial charge in [0.1, 0.15) is 12.6 Å². The second kappa shape index (κ2) is 14.3. The number of carbonyl (C=O) groups is 2. The predicted octanol–water partition coefficient (Wildman–Crippen LogP) is 6.08. The second-order valence-corrected chi connectivity index (χ2v) is 13.2. The minimum Gasteiger partial charge on any atom is -0.352 e. The molecule has 0 fully saturated rings. The van der Waals surface area contributed by atoms with Crippen molar-refractivity contribution >= 4 is 66.7 Å². The van der Waals surface area contributed by atoms with E-state index in [4.69, 9.17) is 23.2 Å². The monoisotopic (exact) mass is 667 g/mol. The van der Waals surface area contributed by atoms with Crippen molar-refractivity contribution in [1.29, 1.82) is 0 Å². The molecule has 0 aromatic heterocycles. The van der Waals surface area contributed by atoms with Crippen molar-refractivity contribution in [1.82, 2.24) is 10.2 Å². The van der Waals surface area contributed by atoms with Crippen molar-refractivity contribution in [3.05, 3.63) is 98.4 Å². The highest BCUT2D eigenvalue weighted by Crippen LogP contribution is 2.31. The van der Waals surface area contributed by atoms with Crippen LogP contribution >= 0.6 is 39.1 Å². The van der Waals surface area contributed by atoms with E-state index < -0.39 is 28.5 Å². The highest BCUT2D eigenvalue weighted by molar-refractivity contribution is 9.10. The van der Waals surface area contributed by atoms with Gasteiger partial charge in [0.05, 0.1) is 17.0 Å². The number of nitrogens with one attached hydrogen (secondary N) is 1. The van der Waals surface area contributed by atoms with Crippen LogP contribution in [0.2, 0.25) is 10.0 Å². The van der Waals surface area contributed by atoms with Gasteiger partial charge in [-0.05, 0) is 54.8 Å². The van der Waals surface area contributed by atoms with Crippen LogP contribution in [0, 0.1) is 0 Å². The quantitative estimate of drug-likeness (QED) is 0.254. The summed E-state index contributed by atoms with van der Waals surface area (Å²) in [5, 5.41) is 3.39. The molecule has 0 saturated heterocycles. The number of hydrogen-bond acceptors (Lipinski definition) is 4. The molecular formula is C29H32BrCl2N3O4S. The number of anilines is 1. The van der Waals surface area contributed by atoms with Crippen LogP contribution in [0.25, 0.3) is 0 Å². The lowest BCUT2D eigenvalue weighted by Gasteiger charge is -2.34. The Morgan fingerprint density at radius 3 is 2.23 bits per heavy atom. The lowest BCUT2D eigenvalue weighted by molar-refractivity contribution is -0.140. The van der Waals surface area contributed by atoms with Crippen molar-refractivity contribution in [2.75, 3.05) is 17.1 Å². The van der Waals surface area contributed by atoms with Crippen molar-refractivity contribution in [3.63, 3.8) is 0 Å². The molecule has 0 unspecified atom stereocenters. The van der Waals surface area contributed by atoms with Crippen LogP contribution in [0.3, 0.4) is 0 Å². The molecule has 40 heavy (non-hydrogen) atoms. The van der Waals surface area contributed by atoms with Crippen LogP contribution in [0.4, 0.5) is 5.69 Å². The van der Waals surface area contributed by atoms with Crippen LogP contribution in [0.1, 0.15) is 31.4 Å². The fraction of sp³-hybridized carbons (Fsp3) is 0.310. The Kier molecular flexibility index (Phi) is 11.5. The van der Waals surface area contributed by atoms with Crippen LogP contribution in [-0.4, -0.2) is 50.0 Å². The Morgan fingerprint density at radius 1 is 0.975 bits per heavy atom. The number of rotatable bonds is 12. The molecule has 0 bridgehead atoms. The van der Waals surface area contributed by atoms with E-state index in [1.54, 1.807) is 0 Å². The van der Waals surface area contributed by atoms with E-state index in [1.165, 1.54) is 23.1 Å². The van der Waals surface area contributed by atoms with Gasteiger partial charge in [-0.1, -0.05) is 88.5 Å². The third kappa shape index (κ3) is 8.96. The maximum atomic E-state index is 14.1. The van der Waals surface area contributed by atoms with Gasteiger partial charge >= 0.3 is 0 Å². The zero-order chi connectivity index (χ0) is 29.4. The number of carbonyl (C=O) groups excluding carboxylic acids is 2. The molecule has 0 aliphatic rings. The van der Waals surface area contributed by atoms with Gasteiger partial charge in [0.25, 0.3) is 0 Å². The lowest BCUT2D eigenvalue weighted by atomic mass is 10.0. The predicted molar refractivity (Wildman–Crippen MR) is 165 cm³/mol. The summed E-state index contributed by atoms with van der Waals surface area (Å²) < 4.78 is 27.6. The van der Waals surface area contributed by atoms with E-state index in [2.05, 4.69) is 21.2 Å². The summed E-state index contributed by atoms with van der Waals surface area (Å²) in [6.45, 7) is 3.36. The zero-order valence-electron chi connectivity index (χ0n) is 22.5. The average Bonchev–Trinajstić information content (AvgIpc) is 2.91. The number of benzene rings is 3. The Labute approximate surface area is 254 Å². The third-order valence-electron chi connectivity index (χ3n) is 6.39. The number of nitrogens with zero attached hydrogens (tertiary/aromatic N) is 2. The standard InChI is InChI=1S/C29H32BrCl2N3O4S/c1-4-20(2)33-29(37)27(16-21-8-6-5-7-9-21)34(18-22-10-12-23(30)13-11-22)28(36)19-35(40(3,38)39)26-17-24(31)14-15-25(26)32/h5-15,17,20,27H,4,16,18-19H2,1-3H3,(H,33,37)/t20-,27+/m1/s1. The lowest BCUT2D eigenvalue weighted by Crippen LogP contribution is -2.54. The average molecular weight is 669 g/mol. The van der Waals surface area contributed by atoms with Gasteiger partial charge in [-0.3, -0.25) is 13.9 Å². The molecule has 3 aromatic carbocycles. The first-order valence-electron chi connectivity index (χ1n) is 12.7. The molecule has 0 aliphatic heterocycles.